The fraction of sp³-hybridized carbons (Fsp3) is 0.438. The van der Waals surface area contributed by atoms with E-state index in [0.29, 0.717) is 5.56 Å². The second kappa shape index (κ2) is 6.14. The molecule has 0 spiro atoms. The van der Waals surface area contributed by atoms with Gasteiger partial charge in [0.2, 0.25) is 0 Å². The smallest absolute Gasteiger partial charge is 0.367 e. The Morgan fingerprint density at radius 2 is 1.83 bits per heavy atom. The quantitative estimate of drug-likeness (QED) is 0.909. The molecule has 23 heavy (non-hydrogen) atoms. The van der Waals surface area contributed by atoms with Gasteiger partial charge < -0.3 is 5.32 Å². The highest BCUT2D eigenvalue weighted by atomic mass is 19.4. The number of hydrogen-bond acceptors (Lipinski definition) is 4. The Hall–Kier alpha value is -2.18. The molecule has 2 heterocycles. The van der Waals surface area contributed by atoms with Gasteiger partial charge in [0.15, 0.2) is 11.5 Å². The van der Waals surface area contributed by atoms with Crippen molar-refractivity contribution >= 4 is 5.82 Å². The first-order valence-electron chi connectivity index (χ1n) is 7.20. The molecule has 2 aromatic heterocycles. The SMILES string of the molecule is CC(Nc1cc(C(F)(F)F)nc(-c2cccnc2)n1)C(C)(C)C. The van der Waals surface area contributed by atoms with Crippen LogP contribution in [0.1, 0.15) is 33.4 Å². The number of pyridine rings is 1. The largest absolute Gasteiger partial charge is 0.433 e. The van der Waals surface area contributed by atoms with Gasteiger partial charge in [0.05, 0.1) is 0 Å². The zero-order valence-corrected chi connectivity index (χ0v) is 13.4. The predicted octanol–water partition coefficient (Wildman–Crippen LogP) is 4.40. The third-order valence-electron chi connectivity index (χ3n) is 3.60. The van der Waals surface area contributed by atoms with Crippen LogP contribution in [0.4, 0.5) is 19.0 Å². The van der Waals surface area contributed by atoms with E-state index in [1.807, 2.05) is 27.7 Å². The minimum absolute atomic E-state index is 0.00321. The van der Waals surface area contributed by atoms with Crippen molar-refractivity contribution in [1.29, 1.82) is 0 Å². The van der Waals surface area contributed by atoms with Gasteiger partial charge in [0.1, 0.15) is 5.82 Å². The number of hydrogen-bond donors (Lipinski definition) is 1. The molecule has 124 valence electrons. The lowest BCUT2D eigenvalue weighted by Gasteiger charge is -2.28. The van der Waals surface area contributed by atoms with Crippen LogP contribution < -0.4 is 5.32 Å². The fourth-order valence-corrected chi connectivity index (χ4v) is 1.73. The van der Waals surface area contributed by atoms with Crippen molar-refractivity contribution < 1.29 is 13.2 Å². The molecule has 0 aliphatic rings. The molecule has 1 unspecified atom stereocenters. The molecule has 0 saturated carbocycles. The molecule has 0 saturated heterocycles. The molecule has 1 N–H and O–H groups in total. The normalized spacial score (nSPS) is 13.7. The number of nitrogens with zero attached hydrogens (tertiary/aromatic N) is 3. The summed E-state index contributed by atoms with van der Waals surface area (Å²) in [5.41, 5.74) is -0.669. The minimum Gasteiger partial charge on any atom is -0.367 e. The Labute approximate surface area is 133 Å². The highest BCUT2D eigenvalue weighted by molar-refractivity contribution is 5.56. The summed E-state index contributed by atoms with van der Waals surface area (Å²) in [7, 11) is 0. The molecule has 0 amide bonds. The lowest BCUT2D eigenvalue weighted by Crippen LogP contribution is -2.31. The number of rotatable bonds is 3. The summed E-state index contributed by atoms with van der Waals surface area (Å²) < 4.78 is 39.3. The van der Waals surface area contributed by atoms with E-state index in [0.717, 1.165) is 6.07 Å². The second-order valence-corrected chi connectivity index (χ2v) is 6.43. The third kappa shape index (κ3) is 4.40. The number of anilines is 1. The average Bonchev–Trinajstić information content (AvgIpc) is 2.46. The Kier molecular flexibility index (Phi) is 4.58. The van der Waals surface area contributed by atoms with Crippen LogP contribution in [0, 0.1) is 5.41 Å². The van der Waals surface area contributed by atoms with E-state index in [2.05, 4.69) is 20.3 Å². The van der Waals surface area contributed by atoms with E-state index in [1.165, 1.54) is 12.4 Å². The molecule has 2 rings (SSSR count). The van der Waals surface area contributed by atoms with E-state index < -0.39 is 11.9 Å². The molecule has 4 nitrogen and oxygen atoms in total. The third-order valence-corrected chi connectivity index (χ3v) is 3.60. The first kappa shape index (κ1) is 17.2. The van der Waals surface area contributed by atoms with Crippen molar-refractivity contribution in [2.45, 2.75) is 39.9 Å². The summed E-state index contributed by atoms with van der Waals surface area (Å²) in [4.78, 5) is 11.7. The zero-order valence-electron chi connectivity index (χ0n) is 13.4. The molecule has 0 aliphatic heterocycles. The van der Waals surface area contributed by atoms with Gasteiger partial charge in [-0.25, -0.2) is 9.97 Å². The highest BCUT2D eigenvalue weighted by Crippen LogP contribution is 2.31. The second-order valence-electron chi connectivity index (χ2n) is 6.43. The minimum atomic E-state index is -4.54. The topological polar surface area (TPSA) is 50.7 Å². The van der Waals surface area contributed by atoms with E-state index in [4.69, 9.17) is 0 Å². The predicted molar refractivity (Wildman–Crippen MR) is 82.8 cm³/mol. The van der Waals surface area contributed by atoms with Crippen LogP contribution in [0.5, 0.6) is 0 Å². The summed E-state index contributed by atoms with van der Waals surface area (Å²) in [5, 5.41) is 3.03. The maximum atomic E-state index is 13.1. The number of nitrogens with one attached hydrogen (secondary N) is 1. The molecular formula is C16H19F3N4. The Bertz CT molecular complexity index is 663. The molecule has 0 bridgehead atoms. The molecule has 1 atom stereocenters. The Morgan fingerprint density at radius 3 is 2.35 bits per heavy atom. The zero-order chi connectivity index (χ0) is 17.3. The van der Waals surface area contributed by atoms with Crippen molar-refractivity contribution in [3.8, 4) is 11.4 Å². The Morgan fingerprint density at radius 1 is 1.13 bits per heavy atom. The lowest BCUT2D eigenvalue weighted by molar-refractivity contribution is -0.141. The maximum Gasteiger partial charge on any atom is 0.433 e. The highest BCUT2D eigenvalue weighted by Gasteiger charge is 2.34. The average molecular weight is 324 g/mol. The monoisotopic (exact) mass is 324 g/mol. The summed E-state index contributed by atoms with van der Waals surface area (Å²) in [6.07, 6.45) is -1.56. The van der Waals surface area contributed by atoms with Crippen molar-refractivity contribution in [2.75, 3.05) is 5.32 Å². The van der Waals surface area contributed by atoms with Gasteiger partial charge in [0, 0.05) is 30.1 Å². The number of alkyl halides is 3. The van der Waals surface area contributed by atoms with Crippen LogP contribution in [0.3, 0.4) is 0 Å². The van der Waals surface area contributed by atoms with Gasteiger partial charge in [-0.1, -0.05) is 20.8 Å². The van der Waals surface area contributed by atoms with E-state index in [9.17, 15) is 13.2 Å². The lowest BCUT2D eigenvalue weighted by atomic mass is 9.88. The Balaban J connectivity index is 2.46. The summed E-state index contributed by atoms with van der Waals surface area (Å²) >= 11 is 0. The molecule has 0 aromatic carbocycles. The first-order valence-corrected chi connectivity index (χ1v) is 7.20. The van der Waals surface area contributed by atoms with Gasteiger partial charge in [0.25, 0.3) is 0 Å². The van der Waals surface area contributed by atoms with E-state index in [-0.39, 0.29) is 23.1 Å². The standard InChI is InChI=1S/C16H19F3N4/c1-10(15(2,3)4)21-13-8-12(16(17,18)19)22-14(23-13)11-6-5-7-20-9-11/h5-10H,1-4H3,(H,21,22,23). The summed E-state index contributed by atoms with van der Waals surface area (Å²) in [6.45, 7) is 7.90. The maximum absolute atomic E-state index is 13.1. The van der Waals surface area contributed by atoms with Crippen molar-refractivity contribution in [1.82, 2.24) is 15.0 Å². The van der Waals surface area contributed by atoms with Crippen LogP contribution in [-0.2, 0) is 6.18 Å². The van der Waals surface area contributed by atoms with Crippen LogP contribution >= 0.6 is 0 Å². The molecule has 2 aromatic rings. The van der Waals surface area contributed by atoms with Gasteiger partial charge in [-0.15, -0.1) is 0 Å². The van der Waals surface area contributed by atoms with Crippen molar-refractivity contribution in [3.05, 3.63) is 36.3 Å². The first-order chi connectivity index (χ1) is 10.6. The molecule has 7 heteroatoms. The van der Waals surface area contributed by atoms with Crippen LogP contribution in [-0.4, -0.2) is 21.0 Å². The van der Waals surface area contributed by atoms with Crippen LogP contribution in [0.2, 0.25) is 0 Å². The van der Waals surface area contributed by atoms with Gasteiger partial charge in [-0.3, -0.25) is 4.98 Å². The van der Waals surface area contributed by atoms with E-state index in [1.54, 1.807) is 12.1 Å². The van der Waals surface area contributed by atoms with Crippen molar-refractivity contribution in [3.63, 3.8) is 0 Å². The van der Waals surface area contributed by atoms with Gasteiger partial charge in [-0.2, -0.15) is 13.2 Å². The summed E-state index contributed by atoms with van der Waals surface area (Å²) in [5.74, 6) is 0.144. The van der Waals surface area contributed by atoms with E-state index >= 15 is 0 Å². The molecule has 0 radical (unpaired) electrons. The van der Waals surface area contributed by atoms with Gasteiger partial charge >= 0.3 is 6.18 Å². The molecule has 0 aliphatic carbocycles. The fourth-order valence-electron chi connectivity index (χ4n) is 1.73. The molecule has 0 fully saturated rings. The number of halogens is 3. The van der Waals surface area contributed by atoms with Crippen molar-refractivity contribution in [2.24, 2.45) is 5.41 Å². The summed E-state index contributed by atoms with van der Waals surface area (Å²) in [6, 6.07) is 4.12. The van der Waals surface area contributed by atoms with Crippen LogP contribution in [0.25, 0.3) is 11.4 Å². The molecular weight excluding hydrogens is 305 g/mol. The van der Waals surface area contributed by atoms with Gasteiger partial charge in [-0.05, 0) is 24.5 Å². The van der Waals surface area contributed by atoms with Crippen LogP contribution in [0.15, 0.2) is 30.6 Å². The number of aromatic nitrogens is 3.